The van der Waals surface area contributed by atoms with E-state index >= 15 is 0 Å². The molecule has 10 nitrogen and oxygen atoms in total. The van der Waals surface area contributed by atoms with Gasteiger partial charge in [-0.1, -0.05) is 17.8 Å². The van der Waals surface area contributed by atoms with Gasteiger partial charge in [0, 0.05) is 30.8 Å². The van der Waals surface area contributed by atoms with E-state index in [2.05, 4.69) is 20.3 Å². The number of benzene rings is 1. The van der Waals surface area contributed by atoms with E-state index < -0.39 is 5.78 Å². The second kappa shape index (κ2) is 11.0. The van der Waals surface area contributed by atoms with Crippen molar-refractivity contribution < 1.29 is 28.5 Å². The van der Waals surface area contributed by atoms with Gasteiger partial charge < -0.3 is 24.3 Å². The largest absolute Gasteiger partial charge is 0.493 e. The quantitative estimate of drug-likeness (QED) is 0.330. The highest BCUT2D eigenvalue weighted by molar-refractivity contribution is 8.04. The molecule has 0 amide bonds. The molecule has 0 fully saturated rings. The van der Waals surface area contributed by atoms with Crippen molar-refractivity contribution in [2.75, 3.05) is 39.9 Å². The Balaban J connectivity index is 1.77. The second-order valence-electron chi connectivity index (χ2n) is 7.09. The van der Waals surface area contributed by atoms with E-state index in [-0.39, 0.29) is 22.1 Å². The van der Waals surface area contributed by atoms with E-state index in [9.17, 15) is 9.59 Å². The Morgan fingerprint density at radius 3 is 2.54 bits per heavy atom. The minimum Gasteiger partial charge on any atom is -0.493 e. The van der Waals surface area contributed by atoms with Gasteiger partial charge in [-0.25, -0.2) is 15.0 Å². The molecule has 35 heavy (non-hydrogen) atoms. The molecule has 0 saturated carbocycles. The summed E-state index contributed by atoms with van der Waals surface area (Å²) in [5, 5.41) is 4.16. The van der Waals surface area contributed by atoms with Crippen LogP contribution in [0.25, 0.3) is 10.9 Å². The summed E-state index contributed by atoms with van der Waals surface area (Å²) >= 11 is 1.08. The van der Waals surface area contributed by atoms with Gasteiger partial charge in [0.2, 0.25) is 5.78 Å². The van der Waals surface area contributed by atoms with Gasteiger partial charge in [-0.2, -0.15) is 0 Å². The average molecular weight is 495 g/mol. The highest BCUT2D eigenvalue weighted by Gasteiger charge is 2.31. The fourth-order valence-electron chi connectivity index (χ4n) is 3.27. The molecular formula is C24H22N4O6S. The molecule has 1 aromatic carbocycles. The van der Waals surface area contributed by atoms with Crippen LogP contribution in [0.5, 0.6) is 11.5 Å². The molecular weight excluding hydrogens is 472 g/mol. The number of carbonyl (C=O) groups is 2. The fourth-order valence-corrected chi connectivity index (χ4v) is 4.14. The lowest BCUT2D eigenvalue weighted by molar-refractivity contribution is -0.117. The first kappa shape index (κ1) is 24.2. The van der Waals surface area contributed by atoms with Crippen LogP contribution in [-0.2, 0) is 19.1 Å². The average Bonchev–Trinajstić information content (AvgIpc) is 2.88. The molecule has 0 aliphatic heterocycles. The summed E-state index contributed by atoms with van der Waals surface area (Å²) in [6.45, 7) is 0.742. The molecule has 0 unspecified atom stereocenters. The van der Waals surface area contributed by atoms with Gasteiger partial charge in [0.15, 0.2) is 23.0 Å². The van der Waals surface area contributed by atoms with Crippen LogP contribution < -0.4 is 14.8 Å². The van der Waals surface area contributed by atoms with Gasteiger partial charge in [0.25, 0.3) is 0 Å². The third kappa shape index (κ3) is 5.26. The number of anilines is 1. The molecule has 11 heteroatoms. The highest BCUT2D eigenvalue weighted by atomic mass is 32.2. The molecule has 1 N–H and O–H groups in total. The van der Waals surface area contributed by atoms with Crippen LogP contribution in [0.3, 0.4) is 0 Å². The number of fused-ring (bicyclic) bond motifs is 1. The lowest BCUT2D eigenvalue weighted by atomic mass is 10.1. The number of methoxy groups -OCH3 is 3. The molecule has 0 radical (unpaired) electrons. The minimum atomic E-state index is -0.483. The molecule has 3 aromatic rings. The summed E-state index contributed by atoms with van der Waals surface area (Å²) in [5.41, 5.74) is 0.580. The number of nitrogens with one attached hydrogen (secondary N) is 1. The standard InChI is InChI=1S/C24H22N4O6S/c1-31-8-9-34-18-11-15-14(10-17(18)32-2)24(27-13-26-15)28-21-22(30)19(33-3)12-16(29)23(21)35-20-6-4-5-7-25-20/h4-7,10-13H,8-9H2,1-3H3,(H,26,27,28). The maximum Gasteiger partial charge on any atom is 0.245 e. The number of rotatable bonds is 10. The Labute approximate surface area is 205 Å². The zero-order chi connectivity index (χ0) is 24.8. The van der Waals surface area contributed by atoms with Crippen molar-refractivity contribution in [3.05, 3.63) is 65.3 Å². The van der Waals surface area contributed by atoms with Crippen LogP contribution in [0.4, 0.5) is 5.82 Å². The molecule has 180 valence electrons. The topological polar surface area (TPSA) is 122 Å². The van der Waals surface area contributed by atoms with Crippen molar-refractivity contribution in [2.24, 2.45) is 0 Å². The molecule has 0 saturated heterocycles. The van der Waals surface area contributed by atoms with Crippen molar-refractivity contribution in [1.82, 2.24) is 15.0 Å². The Hall–Kier alpha value is -3.96. The van der Waals surface area contributed by atoms with E-state index in [1.54, 1.807) is 43.6 Å². The summed E-state index contributed by atoms with van der Waals surface area (Å²) in [6, 6.07) is 8.73. The number of ether oxygens (including phenoxy) is 4. The van der Waals surface area contributed by atoms with Crippen molar-refractivity contribution in [3.63, 3.8) is 0 Å². The monoisotopic (exact) mass is 494 g/mol. The first-order valence-corrected chi connectivity index (χ1v) is 11.3. The van der Waals surface area contributed by atoms with E-state index in [0.29, 0.717) is 46.5 Å². The number of nitrogens with zero attached hydrogens (tertiary/aromatic N) is 3. The zero-order valence-corrected chi connectivity index (χ0v) is 20.0. The number of ketones is 2. The third-order valence-electron chi connectivity index (χ3n) is 4.94. The van der Waals surface area contributed by atoms with Crippen LogP contribution in [0.2, 0.25) is 0 Å². The Morgan fingerprint density at radius 2 is 1.83 bits per heavy atom. The maximum absolute atomic E-state index is 13.2. The number of hydrogen-bond acceptors (Lipinski definition) is 11. The molecule has 1 aliphatic rings. The normalized spacial score (nSPS) is 13.6. The van der Waals surface area contributed by atoms with Crippen LogP contribution in [0, 0.1) is 0 Å². The van der Waals surface area contributed by atoms with Gasteiger partial charge in [0.1, 0.15) is 29.5 Å². The summed E-state index contributed by atoms with van der Waals surface area (Å²) in [6.07, 6.45) is 4.13. The number of hydrogen-bond donors (Lipinski definition) is 1. The van der Waals surface area contributed by atoms with Gasteiger partial charge in [-0.15, -0.1) is 0 Å². The fraction of sp³-hybridized carbons (Fsp3) is 0.208. The van der Waals surface area contributed by atoms with Crippen molar-refractivity contribution in [2.45, 2.75) is 5.03 Å². The van der Waals surface area contributed by atoms with Crippen LogP contribution in [0.15, 0.2) is 70.3 Å². The Kier molecular flexibility index (Phi) is 7.58. The van der Waals surface area contributed by atoms with Gasteiger partial charge >= 0.3 is 0 Å². The highest BCUT2D eigenvalue weighted by Crippen LogP contribution is 2.37. The van der Waals surface area contributed by atoms with E-state index in [4.69, 9.17) is 18.9 Å². The summed E-state index contributed by atoms with van der Waals surface area (Å²) in [7, 11) is 4.44. The molecule has 0 spiro atoms. The maximum atomic E-state index is 13.2. The smallest absolute Gasteiger partial charge is 0.245 e. The first-order chi connectivity index (χ1) is 17.0. The number of thioether (sulfide) groups is 1. The molecule has 4 rings (SSSR count). The van der Waals surface area contributed by atoms with Crippen LogP contribution >= 0.6 is 11.8 Å². The van der Waals surface area contributed by atoms with Gasteiger partial charge in [-0.05, 0) is 18.2 Å². The molecule has 2 aromatic heterocycles. The number of Topliss-reactive ketones (excluding diaryl/α,β-unsaturated/α-hetero) is 1. The Morgan fingerprint density at radius 1 is 0.971 bits per heavy atom. The number of allylic oxidation sites excluding steroid dienone is 2. The number of carbonyl (C=O) groups excluding carboxylic acids is 2. The van der Waals surface area contributed by atoms with E-state index in [1.165, 1.54) is 26.6 Å². The predicted molar refractivity (Wildman–Crippen MR) is 129 cm³/mol. The van der Waals surface area contributed by atoms with Crippen LogP contribution in [0.1, 0.15) is 0 Å². The molecule has 0 bridgehead atoms. The number of aromatic nitrogens is 3. The van der Waals surface area contributed by atoms with Gasteiger partial charge in [0.05, 0.1) is 31.2 Å². The van der Waals surface area contributed by atoms with Gasteiger partial charge in [-0.3, -0.25) is 9.59 Å². The lowest BCUT2D eigenvalue weighted by Gasteiger charge is -2.19. The summed E-state index contributed by atoms with van der Waals surface area (Å²) in [5.74, 6) is 0.304. The molecule has 0 atom stereocenters. The van der Waals surface area contributed by atoms with Crippen molar-refractivity contribution in [1.29, 1.82) is 0 Å². The third-order valence-corrected chi connectivity index (χ3v) is 6.00. The lowest BCUT2D eigenvalue weighted by Crippen LogP contribution is -2.24. The van der Waals surface area contributed by atoms with Crippen molar-refractivity contribution >= 4 is 40.0 Å². The summed E-state index contributed by atoms with van der Waals surface area (Å²) < 4.78 is 21.4. The summed E-state index contributed by atoms with van der Waals surface area (Å²) in [4.78, 5) is 39.1. The predicted octanol–water partition coefficient (Wildman–Crippen LogP) is 3.16. The number of pyridine rings is 1. The van der Waals surface area contributed by atoms with E-state index in [1.807, 2.05) is 0 Å². The minimum absolute atomic E-state index is 0.0318. The second-order valence-corrected chi connectivity index (χ2v) is 8.12. The zero-order valence-electron chi connectivity index (χ0n) is 19.2. The van der Waals surface area contributed by atoms with Crippen molar-refractivity contribution in [3.8, 4) is 11.5 Å². The first-order valence-electron chi connectivity index (χ1n) is 10.4. The Bertz CT molecular complexity index is 1330. The van der Waals surface area contributed by atoms with E-state index in [0.717, 1.165) is 11.8 Å². The van der Waals surface area contributed by atoms with Crippen LogP contribution in [-0.4, -0.2) is 61.1 Å². The molecule has 1 aliphatic carbocycles. The molecule has 2 heterocycles. The SMILES string of the molecule is COCCOc1cc2ncnc(NC3=C(Sc4ccccn4)C(=O)C=C(OC)C3=O)c2cc1OC.